The van der Waals surface area contributed by atoms with Gasteiger partial charge in [0.25, 0.3) is 0 Å². The van der Waals surface area contributed by atoms with Gasteiger partial charge in [-0.25, -0.2) is 4.98 Å². The Bertz CT molecular complexity index is 938. The second kappa shape index (κ2) is 8.26. The minimum Gasteiger partial charge on any atom is -0.472 e. The van der Waals surface area contributed by atoms with Gasteiger partial charge in [-0.1, -0.05) is 60.7 Å². The Morgan fingerprint density at radius 2 is 1.75 bits per heavy atom. The molecular weight excluding hydrogens is 348 g/mol. The first-order valence-corrected chi connectivity index (χ1v) is 9.70. The van der Waals surface area contributed by atoms with Gasteiger partial charge in [0, 0.05) is 24.7 Å². The van der Waals surface area contributed by atoms with Gasteiger partial charge in [0.05, 0.1) is 13.0 Å². The van der Waals surface area contributed by atoms with Gasteiger partial charge in [-0.15, -0.1) is 0 Å². The zero-order valence-corrected chi connectivity index (χ0v) is 16.0. The van der Waals surface area contributed by atoms with Gasteiger partial charge in [0.1, 0.15) is 6.10 Å². The largest absolute Gasteiger partial charge is 0.472 e. The SMILES string of the molecule is Cc1cccc(OC2CCN(C(=O)Cc3ccc(-c4ccccc4)cc3)C2)n1. The third kappa shape index (κ3) is 4.39. The summed E-state index contributed by atoms with van der Waals surface area (Å²) in [6.45, 7) is 3.30. The van der Waals surface area contributed by atoms with E-state index in [0.717, 1.165) is 29.8 Å². The average molecular weight is 372 g/mol. The van der Waals surface area contributed by atoms with E-state index in [1.54, 1.807) is 0 Å². The van der Waals surface area contributed by atoms with E-state index in [9.17, 15) is 4.79 Å². The van der Waals surface area contributed by atoms with E-state index in [4.69, 9.17) is 4.74 Å². The summed E-state index contributed by atoms with van der Waals surface area (Å²) in [7, 11) is 0. The lowest BCUT2D eigenvalue weighted by Crippen LogP contribution is -2.32. The van der Waals surface area contributed by atoms with Crippen molar-refractivity contribution in [1.29, 1.82) is 0 Å². The van der Waals surface area contributed by atoms with Gasteiger partial charge in [-0.3, -0.25) is 4.79 Å². The smallest absolute Gasteiger partial charge is 0.227 e. The molecule has 4 heteroatoms. The van der Waals surface area contributed by atoms with Gasteiger partial charge < -0.3 is 9.64 Å². The number of nitrogens with zero attached hydrogens (tertiary/aromatic N) is 2. The van der Waals surface area contributed by atoms with E-state index < -0.39 is 0 Å². The molecule has 4 nitrogen and oxygen atoms in total. The fourth-order valence-electron chi connectivity index (χ4n) is 3.54. The molecule has 1 aromatic heterocycles. The first kappa shape index (κ1) is 18.2. The van der Waals surface area contributed by atoms with Crippen LogP contribution < -0.4 is 4.74 Å². The number of carbonyl (C=O) groups excluding carboxylic acids is 1. The zero-order valence-electron chi connectivity index (χ0n) is 16.0. The zero-order chi connectivity index (χ0) is 19.3. The number of carbonyl (C=O) groups is 1. The Hall–Kier alpha value is -3.14. The van der Waals surface area contributed by atoms with Gasteiger partial charge in [0.15, 0.2) is 0 Å². The Balaban J connectivity index is 1.33. The van der Waals surface area contributed by atoms with Crippen LogP contribution in [-0.2, 0) is 11.2 Å². The van der Waals surface area contributed by atoms with Crippen LogP contribution >= 0.6 is 0 Å². The molecule has 3 aromatic rings. The van der Waals surface area contributed by atoms with Crippen molar-refractivity contribution in [3.63, 3.8) is 0 Å². The summed E-state index contributed by atoms with van der Waals surface area (Å²) < 4.78 is 5.95. The lowest BCUT2D eigenvalue weighted by Gasteiger charge is -2.17. The summed E-state index contributed by atoms with van der Waals surface area (Å²) in [5.74, 6) is 0.784. The molecule has 1 amide bonds. The lowest BCUT2D eigenvalue weighted by atomic mass is 10.0. The molecule has 0 spiro atoms. The minimum atomic E-state index is 0.0127. The van der Waals surface area contributed by atoms with Crippen molar-refractivity contribution in [3.05, 3.63) is 84.1 Å². The molecule has 1 unspecified atom stereocenters. The van der Waals surface area contributed by atoms with Crippen LogP contribution in [0.1, 0.15) is 17.7 Å². The molecular formula is C24H24N2O2. The molecule has 1 atom stereocenters. The predicted octanol–water partition coefficient (Wildman–Crippen LogP) is 4.28. The summed E-state index contributed by atoms with van der Waals surface area (Å²) in [5.41, 5.74) is 4.32. The van der Waals surface area contributed by atoms with Crippen molar-refractivity contribution in [2.45, 2.75) is 25.9 Å². The Morgan fingerprint density at radius 3 is 2.50 bits per heavy atom. The van der Waals surface area contributed by atoms with Crippen molar-refractivity contribution in [1.82, 2.24) is 9.88 Å². The predicted molar refractivity (Wildman–Crippen MR) is 110 cm³/mol. The number of benzene rings is 2. The number of ether oxygens (including phenoxy) is 1. The molecule has 142 valence electrons. The number of pyridine rings is 1. The second-order valence-corrected chi connectivity index (χ2v) is 7.23. The monoisotopic (exact) mass is 372 g/mol. The van der Waals surface area contributed by atoms with E-state index >= 15 is 0 Å². The molecule has 2 aromatic carbocycles. The molecule has 28 heavy (non-hydrogen) atoms. The molecule has 0 N–H and O–H groups in total. The maximum atomic E-state index is 12.7. The van der Waals surface area contributed by atoms with Crippen LogP contribution in [0.4, 0.5) is 0 Å². The molecule has 0 saturated carbocycles. The fraction of sp³-hybridized carbons (Fsp3) is 0.250. The van der Waals surface area contributed by atoms with Crippen LogP contribution in [-0.4, -0.2) is 35.0 Å². The molecule has 2 heterocycles. The summed E-state index contributed by atoms with van der Waals surface area (Å²) in [6, 6.07) is 24.3. The third-order valence-electron chi connectivity index (χ3n) is 5.06. The molecule has 1 saturated heterocycles. The van der Waals surface area contributed by atoms with Crippen LogP contribution in [0, 0.1) is 6.92 Å². The third-order valence-corrected chi connectivity index (χ3v) is 5.06. The van der Waals surface area contributed by atoms with Crippen LogP contribution in [0.25, 0.3) is 11.1 Å². The number of amides is 1. The number of hydrogen-bond donors (Lipinski definition) is 0. The summed E-state index contributed by atoms with van der Waals surface area (Å²) in [5, 5.41) is 0. The van der Waals surface area contributed by atoms with Crippen LogP contribution in [0.15, 0.2) is 72.8 Å². The number of aromatic nitrogens is 1. The van der Waals surface area contributed by atoms with Crippen LogP contribution in [0.5, 0.6) is 5.88 Å². The van der Waals surface area contributed by atoms with E-state index in [1.807, 2.05) is 60.4 Å². The van der Waals surface area contributed by atoms with Gasteiger partial charge in [-0.05, 0) is 29.7 Å². The number of rotatable bonds is 5. The van der Waals surface area contributed by atoms with Gasteiger partial charge in [0.2, 0.25) is 11.8 Å². The Labute approximate surface area is 165 Å². The topological polar surface area (TPSA) is 42.4 Å². The maximum absolute atomic E-state index is 12.7. The Kier molecular flexibility index (Phi) is 5.38. The molecule has 1 fully saturated rings. The summed E-state index contributed by atoms with van der Waals surface area (Å²) in [4.78, 5) is 19.0. The molecule has 1 aliphatic heterocycles. The highest BCUT2D eigenvalue weighted by atomic mass is 16.5. The molecule has 0 bridgehead atoms. The Morgan fingerprint density at radius 1 is 1.00 bits per heavy atom. The highest BCUT2D eigenvalue weighted by molar-refractivity contribution is 5.79. The van der Waals surface area contributed by atoms with E-state index in [1.165, 1.54) is 5.56 Å². The normalized spacial score (nSPS) is 16.2. The second-order valence-electron chi connectivity index (χ2n) is 7.23. The highest BCUT2D eigenvalue weighted by Crippen LogP contribution is 2.21. The minimum absolute atomic E-state index is 0.0127. The fourth-order valence-corrected chi connectivity index (χ4v) is 3.54. The molecule has 4 rings (SSSR count). The standard InChI is InChI=1S/C24H24N2O2/c1-18-6-5-9-23(25-18)28-22-14-15-26(17-22)24(27)16-19-10-12-21(13-11-19)20-7-3-2-4-8-20/h2-13,22H,14-17H2,1H3. The summed E-state index contributed by atoms with van der Waals surface area (Å²) in [6.07, 6.45) is 1.28. The van der Waals surface area contributed by atoms with Crippen molar-refractivity contribution in [2.75, 3.05) is 13.1 Å². The van der Waals surface area contributed by atoms with Gasteiger partial charge >= 0.3 is 0 Å². The molecule has 0 aliphatic carbocycles. The molecule has 0 radical (unpaired) electrons. The first-order valence-electron chi connectivity index (χ1n) is 9.70. The number of hydrogen-bond acceptors (Lipinski definition) is 3. The van der Waals surface area contributed by atoms with E-state index in [0.29, 0.717) is 18.8 Å². The maximum Gasteiger partial charge on any atom is 0.227 e. The van der Waals surface area contributed by atoms with E-state index in [-0.39, 0.29) is 12.0 Å². The van der Waals surface area contributed by atoms with Gasteiger partial charge in [-0.2, -0.15) is 0 Å². The van der Waals surface area contributed by atoms with Crippen LogP contribution in [0.3, 0.4) is 0 Å². The van der Waals surface area contributed by atoms with E-state index in [2.05, 4.69) is 29.2 Å². The van der Waals surface area contributed by atoms with Crippen LogP contribution in [0.2, 0.25) is 0 Å². The van der Waals surface area contributed by atoms with Crippen molar-refractivity contribution in [2.24, 2.45) is 0 Å². The molecule has 1 aliphatic rings. The summed E-state index contributed by atoms with van der Waals surface area (Å²) >= 11 is 0. The highest BCUT2D eigenvalue weighted by Gasteiger charge is 2.27. The van der Waals surface area contributed by atoms with Crippen molar-refractivity contribution >= 4 is 5.91 Å². The van der Waals surface area contributed by atoms with Crippen molar-refractivity contribution in [3.8, 4) is 17.0 Å². The lowest BCUT2D eigenvalue weighted by molar-refractivity contribution is -0.129. The number of likely N-dealkylation sites (tertiary alicyclic amines) is 1. The van der Waals surface area contributed by atoms with Crippen molar-refractivity contribution < 1.29 is 9.53 Å². The first-order chi connectivity index (χ1) is 13.7. The quantitative estimate of drug-likeness (QED) is 0.671. The number of aryl methyl sites for hydroxylation is 1. The average Bonchev–Trinajstić information content (AvgIpc) is 3.18.